The fourth-order valence-electron chi connectivity index (χ4n) is 3.91. The first-order valence-corrected chi connectivity index (χ1v) is 12.2. The molecule has 2 aliphatic rings. The lowest BCUT2D eigenvalue weighted by Crippen LogP contribution is -2.37. The summed E-state index contributed by atoms with van der Waals surface area (Å²) in [5.74, 6) is -1.44. The number of halogens is 2. The molecule has 2 aromatic carbocycles. The SMILES string of the molecule is O=C1N=C(Nc2c(Cl)cccc2Cl)SC1=Cc1ccc2ncc(C(=O)O)c(N3CCOCC3)c2c1. The minimum Gasteiger partial charge on any atom is -0.478 e. The van der Waals surface area contributed by atoms with Crippen LogP contribution >= 0.6 is 35.0 Å². The number of ether oxygens (including phenoxy) is 1. The Hall–Kier alpha value is -3.11. The van der Waals surface area contributed by atoms with E-state index in [-0.39, 0.29) is 5.56 Å². The van der Waals surface area contributed by atoms with Gasteiger partial charge in [0.25, 0.3) is 5.91 Å². The molecular formula is C24H18Cl2N4O4S. The van der Waals surface area contributed by atoms with Crippen LogP contribution in [0.15, 0.2) is 52.5 Å². The lowest BCUT2D eigenvalue weighted by atomic mass is 10.0. The number of hydrogen-bond acceptors (Lipinski definition) is 7. The second kappa shape index (κ2) is 9.87. The van der Waals surface area contributed by atoms with E-state index in [0.29, 0.717) is 68.7 Å². The number of amidine groups is 1. The van der Waals surface area contributed by atoms with Crippen LogP contribution in [0.25, 0.3) is 17.0 Å². The highest BCUT2D eigenvalue weighted by Crippen LogP contribution is 2.36. The van der Waals surface area contributed by atoms with Crippen molar-refractivity contribution >= 4 is 80.4 Å². The third-order valence-corrected chi connectivity index (χ3v) is 7.06. The molecule has 5 rings (SSSR count). The summed E-state index contributed by atoms with van der Waals surface area (Å²) >= 11 is 13.6. The van der Waals surface area contributed by atoms with Gasteiger partial charge < -0.3 is 20.1 Å². The molecule has 0 aliphatic carbocycles. The number of amides is 1. The predicted molar refractivity (Wildman–Crippen MR) is 140 cm³/mol. The Labute approximate surface area is 214 Å². The molecule has 0 saturated carbocycles. The molecule has 1 saturated heterocycles. The van der Waals surface area contributed by atoms with Crippen LogP contribution in [0.2, 0.25) is 10.0 Å². The van der Waals surface area contributed by atoms with Crippen molar-refractivity contribution in [3.63, 3.8) is 0 Å². The highest BCUT2D eigenvalue weighted by molar-refractivity contribution is 8.18. The molecule has 11 heteroatoms. The van der Waals surface area contributed by atoms with E-state index in [2.05, 4.69) is 15.3 Å². The maximum Gasteiger partial charge on any atom is 0.339 e. The molecule has 1 aromatic heterocycles. The molecule has 35 heavy (non-hydrogen) atoms. The summed E-state index contributed by atoms with van der Waals surface area (Å²) in [6.07, 6.45) is 3.10. The summed E-state index contributed by atoms with van der Waals surface area (Å²) in [6, 6.07) is 10.6. The maximum atomic E-state index is 12.6. The lowest BCUT2D eigenvalue weighted by molar-refractivity contribution is -0.113. The van der Waals surface area contributed by atoms with Gasteiger partial charge in [0.05, 0.1) is 45.1 Å². The number of aliphatic imine (C=N–C) groups is 1. The second-order valence-corrected chi connectivity index (χ2v) is 9.60. The number of nitrogens with one attached hydrogen (secondary N) is 1. The largest absolute Gasteiger partial charge is 0.478 e. The third kappa shape index (κ3) is 4.85. The fourth-order valence-corrected chi connectivity index (χ4v) is 5.22. The summed E-state index contributed by atoms with van der Waals surface area (Å²) in [6.45, 7) is 2.18. The zero-order chi connectivity index (χ0) is 24.5. The number of aromatic nitrogens is 1. The highest BCUT2D eigenvalue weighted by Gasteiger charge is 2.25. The van der Waals surface area contributed by atoms with Gasteiger partial charge in [0.15, 0.2) is 5.17 Å². The molecule has 0 spiro atoms. The fraction of sp³-hybridized carbons (Fsp3) is 0.167. The lowest BCUT2D eigenvalue weighted by Gasteiger charge is -2.30. The normalized spacial score (nSPS) is 17.2. The molecule has 1 fully saturated rings. The number of morpholine rings is 1. The van der Waals surface area contributed by atoms with E-state index in [1.807, 2.05) is 23.1 Å². The van der Waals surface area contributed by atoms with E-state index in [1.54, 1.807) is 24.3 Å². The predicted octanol–water partition coefficient (Wildman–Crippen LogP) is 5.16. The molecule has 1 amide bonds. The Bertz CT molecular complexity index is 1400. The van der Waals surface area contributed by atoms with Gasteiger partial charge in [-0.25, -0.2) is 4.79 Å². The minimum absolute atomic E-state index is 0.127. The molecule has 2 N–H and O–H groups in total. The number of para-hydroxylation sites is 1. The van der Waals surface area contributed by atoms with Crippen molar-refractivity contribution in [2.45, 2.75) is 0 Å². The molecule has 0 bridgehead atoms. The summed E-state index contributed by atoms with van der Waals surface area (Å²) in [5.41, 5.74) is 2.59. The summed E-state index contributed by atoms with van der Waals surface area (Å²) in [7, 11) is 0. The van der Waals surface area contributed by atoms with Gasteiger partial charge in [-0.3, -0.25) is 9.78 Å². The number of pyridine rings is 1. The quantitative estimate of drug-likeness (QED) is 0.447. The first-order valence-electron chi connectivity index (χ1n) is 10.6. The van der Waals surface area contributed by atoms with Crippen molar-refractivity contribution < 1.29 is 19.4 Å². The van der Waals surface area contributed by atoms with E-state index in [0.717, 1.165) is 5.56 Å². The summed E-state index contributed by atoms with van der Waals surface area (Å²) in [5, 5.41) is 14.7. The van der Waals surface area contributed by atoms with Gasteiger partial charge in [-0.1, -0.05) is 35.3 Å². The smallest absolute Gasteiger partial charge is 0.339 e. The molecular weight excluding hydrogens is 511 g/mol. The van der Waals surface area contributed by atoms with Gasteiger partial charge in [-0.05, 0) is 47.7 Å². The van der Waals surface area contributed by atoms with Crippen LogP contribution < -0.4 is 10.2 Å². The van der Waals surface area contributed by atoms with E-state index in [9.17, 15) is 14.7 Å². The highest BCUT2D eigenvalue weighted by atomic mass is 35.5. The number of benzene rings is 2. The Morgan fingerprint density at radius 3 is 2.63 bits per heavy atom. The van der Waals surface area contributed by atoms with Crippen molar-refractivity contribution in [2.75, 3.05) is 36.5 Å². The zero-order valence-corrected chi connectivity index (χ0v) is 20.5. The van der Waals surface area contributed by atoms with Crippen molar-refractivity contribution in [3.8, 4) is 0 Å². The number of thioether (sulfide) groups is 1. The number of carboxylic acid groups (broad SMARTS) is 1. The zero-order valence-electron chi connectivity index (χ0n) is 18.1. The van der Waals surface area contributed by atoms with E-state index in [4.69, 9.17) is 27.9 Å². The molecule has 3 heterocycles. The molecule has 8 nitrogen and oxygen atoms in total. The van der Waals surface area contributed by atoms with Crippen LogP contribution in [0, 0.1) is 0 Å². The van der Waals surface area contributed by atoms with Crippen molar-refractivity contribution in [1.82, 2.24) is 4.98 Å². The van der Waals surface area contributed by atoms with Crippen molar-refractivity contribution in [3.05, 3.63) is 68.7 Å². The third-order valence-electron chi connectivity index (χ3n) is 5.53. The minimum atomic E-state index is -1.05. The number of nitrogens with zero attached hydrogens (tertiary/aromatic N) is 3. The number of hydrogen-bond donors (Lipinski definition) is 2. The van der Waals surface area contributed by atoms with Gasteiger partial charge in [-0.2, -0.15) is 4.99 Å². The van der Waals surface area contributed by atoms with E-state index in [1.165, 1.54) is 18.0 Å². The Kier molecular flexibility index (Phi) is 6.66. The first-order chi connectivity index (χ1) is 16.9. The van der Waals surface area contributed by atoms with Crippen LogP contribution in [0.5, 0.6) is 0 Å². The summed E-state index contributed by atoms with van der Waals surface area (Å²) in [4.78, 5) is 35.3. The number of carbonyl (C=O) groups excluding carboxylic acids is 1. The van der Waals surface area contributed by atoms with Gasteiger partial charge >= 0.3 is 5.97 Å². The van der Waals surface area contributed by atoms with Crippen LogP contribution in [0.1, 0.15) is 15.9 Å². The molecule has 0 unspecified atom stereocenters. The average molecular weight is 529 g/mol. The Morgan fingerprint density at radius 2 is 1.91 bits per heavy atom. The number of fused-ring (bicyclic) bond motifs is 1. The maximum absolute atomic E-state index is 12.6. The summed E-state index contributed by atoms with van der Waals surface area (Å²) < 4.78 is 5.44. The first kappa shape index (κ1) is 23.6. The number of aromatic carboxylic acids is 1. The number of anilines is 2. The van der Waals surface area contributed by atoms with Crippen molar-refractivity contribution in [1.29, 1.82) is 0 Å². The van der Waals surface area contributed by atoms with Gasteiger partial charge in [0, 0.05) is 24.7 Å². The van der Waals surface area contributed by atoms with Crippen molar-refractivity contribution in [2.24, 2.45) is 4.99 Å². The monoisotopic (exact) mass is 528 g/mol. The van der Waals surface area contributed by atoms with Gasteiger partial charge in [0.1, 0.15) is 5.56 Å². The molecule has 178 valence electrons. The van der Waals surface area contributed by atoms with E-state index >= 15 is 0 Å². The second-order valence-electron chi connectivity index (χ2n) is 7.76. The Balaban J connectivity index is 1.48. The van der Waals surface area contributed by atoms with Crippen LogP contribution in [-0.4, -0.2) is 53.4 Å². The average Bonchev–Trinajstić information content (AvgIpc) is 3.19. The van der Waals surface area contributed by atoms with Crippen LogP contribution in [0.3, 0.4) is 0 Å². The number of carbonyl (C=O) groups is 2. The molecule has 0 atom stereocenters. The molecule has 3 aromatic rings. The number of rotatable bonds is 4. The molecule has 2 aliphatic heterocycles. The molecule has 0 radical (unpaired) electrons. The van der Waals surface area contributed by atoms with Crippen LogP contribution in [0.4, 0.5) is 11.4 Å². The van der Waals surface area contributed by atoms with E-state index < -0.39 is 11.9 Å². The standard InChI is InChI=1S/C24H18Cl2N4O4S/c25-16-2-1-3-17(26)20(16)28-24-29-22(31)19(35-24)11-13-4-5-18-14(10-13)21(15(12-27-18)23(32)33)30-6-8-34-9-7-30/h1-5,10-12H,6-9H2,(H,32,33)(H,28,29,31). The Morgan fingerprint density at radius 1 is 1.17 bits per heavy atom. The van der Waals surface area contributed by atoms with Gasteiger partial charge in [-0.15, -0.1) is 0 Å². The van der Waals surface area contributed by atoms with Gasteiger partial charge in [0.2, 0.25) is 0 Å². The number of carboxylic acids is 1. The van der Waals surface area contributed by atoms with Crippen LogP contribution in [-0.2, 0) is 9.53 Å². The topological polar surface area (TPSA) is 104 Å².